The first-order valence-electron chi connectivity index (χ1n) is 13.4. The first-order chi connectivity index (χ1) is 17.8. The Bertz CT molecular complexity index is 1170. The third kappa shape index (κ3) is 6.22. The molecule has 0 aromatic heterocycles. The van der Waals surface area contributed by atoms with Gasteiger partial charge >= 0.3 is 5.97 Å². The van der Waals surface area contributed by atoms with E-state index in [9.17, 15) is 14.7 Å². The van der Waals surface area contributed by atoms with Crippen LogP contribution in [0.1, 0.15) is 50.3 Å². The molecule has 0 saturated carbocycles. The van der Waals surface area contributed by atoms with Crippen LogP contribution in [0, 0.1) is 18.7 Å². The maximum atomic E-state index is 15.0. The molecule has 2 heterocycles. The highest BCUT2D eigenvalue weighted by Crippen LogP contribution is 2.39. The average Bonchev–Trinajstić information content (AvgIpc) is 3.29. The van der Waals surface area contributed by atoms with E-state index >= 15 is 4.39 Å². The van der Waals surface area contributed by atoms with Gasteiger partial charge in [-0.25, -0.2) is 4.39 Å². The number of piperazine rings is 1. The Balaban J connectivity index is 1.51. The van der Waals surface area contributed by atoms with E-state index in [-0.39, 0.29) is 35.1 Å². The molecular formula is C30H39ClFN3O3. The fourth-order valence-electron chi connectivity index (χ4n) is 5.85. The lowest BCUT2D eigenvalue weighted by Gasteiger charge is -2.43. The molecule has 0 spiro atoms. The molecule has 0 radical (unpaired) electrons. The molecule has 8 heteroatoms. The zero-order valence-electron chi connectivity index (χ0n) is 23.0. The highest BCUT2D eigenvalue weighted by atomic mass is 35.5. The molecule has 1 unspecified atom stereocenters. The SMILES string of the molecule is Cc1ccc(CC(C(=O)O)N2CCN(C(=O)[C@@H]3CN(C(C)(C)C)C[C@H]3c3ccc(Cl)cc3F)[C@@H](C)C2)cc1. The number of likely N-dealkylation sites (tertiary alicyclic amines) is 1. The molecule has 4 atom stereocenters. The Morgan fingerprint density at radius 1 is 1.08 bits per heavy atom. The van der Waals surface area contributed by atoms with Crippen molar-refractivity contribution in [2.75, 3.05) is 32.7 Å². The summed E-state index contributed by atoms with van der Waals surface area (Å²) in [7, 11) is 0. The van der Waals surface area contributed by atoms with Crippen LogP contribution in [-0.4, -0.2) is 82.0 Å². The van der Waals surface area contributed by atoms with E-state index in [2.05, 4.69) is 25.7 Å². The van der Waals surface area contributed by atoms with Crippen LogP contribution in [0.3, 0.4) is 0 Å². The second-order valence-corrected chi connectivity index (χ2v) is 12.3. The zero-order valence-corrected chi connectivity index (χ0v) is 23.7. The highest BCUT2D eigenvalue weighted by Gasteiger charge is 2.46. The predicted octanol–water partition coefficient (Wildman–Crippen LogP) is 4.83. The van der Waals surface area contributed by atoms with Gasteiger partial charge in [0.15, 0.2) is 0 Å². The number of carboxylic acids is 1. The fraction of sp³-hybridized carbons (Fsp3) is 0.533. The van der Waals surface area contributed by atoms with Crippen molar-refractivity contribution < 1.29 is 19.1 Å². The van der Waals surface area contributed by atoms with Crippen molar-refractivity contribution in [3.05, 3.63) is 70.0 Å². The van der Waals surface area contributed by atoms with Crippen LogP contribution >= 0.6 is 11.6 Å². The minimum Gasteiger partial charge on any atom is -0.480 e. The molecule has 2 aromatic rings. The zero-order chi connectivity index (χ0) is 27.8. The molecule has 1 N–H and O–H groups in total. The molecule has 2 fully saturated rings. The van der Waals surface area contributed by atoms with Crippen molar-refractivity contribution in [2.24, 2.45) is 5.92 Å². The Morgan fingerprint density at radius 2 is 1.76 bits per heavy atom. The van der Waals surface area contributed by atoms with Gasteiger partial charge in [0.2, 0.25) is 5.91 Å². The van der Waals surface area contributed by atoms with Crippen molar-refractivity contribution in [1.29, 1.82) is 0 Å². The summed E-state index contributed by atoms with van der Waals surface area (Å²) in [6.07, 6.45) is 0.414. The summed E-state index contributed by atoms with van der Waals surface area (Å²) in [5.74, 6) is -1.89. The van der Waals surface area contributed by atoms with Gasteiger partial charge in [-0.3, -0.25) is 19.4 Å². The third-order valence-corrected chi connectivity index (χ3v) is 8.40. The monoisotopic (exact) mass is 543 g/mol. The maximum absolute atomic E-state index is 15.0. The second-order valence-electron chi connectivity index (χ2n) is 11.9. The molecule has 1 amide bonds. The molecule has 2 aromatic carbocycles. The van der Waals surface area contributed by atoms with Gasteiger partial charge in [-0.1, -0.05) is 47.5 Å². The third-order valence-electron chi connectivity index (χ3n) is 8.17. The van der Waals surface area contributed by atoms with Gasteiger partial charge in [-0.05, 0) is 64.3 Å². The number of amides is 1. The van der Waals surface area contributed by atoms with Crippen LogP contribution < -0.4 is 0 Å². The number of carbonyl (C=O) groups is 2. The summed E-state index contributed by atoms with van der Waals surface area (Å²) in [5.41, 5.74) is 2.48. The first kappa shape index (κ1) is 28.5. The van der Waals surface area contributed by atoms with Crippen molar-refractivity contribution >= 4 is 23.5 Å². The fourth-order valence-corrected chi connectivity index (χ4v) is 6.01. The lowest BCUT2D eigenvalue weighted by atomic mass is 9.87. The standard InChI is InChI=1S/C30H39ClFN3O3/c1-19-6-8-21(9-7-19)14-27(29(37)38)33-12-13-35(20(2)16-33)28(36)25-18-34(30(3,4)5)17-24(25)23-11-10-22(31)15-26(23)32/h6-11,15,20,24-25,27H,12-14,16-18H2,1-5H3,(H,37,38)/t20-,24-,25+,27?/m0/s1. The van der Waals surface area contributed by atoms with Gasteiger partial charge in [0, 0.05) is 55.2 Å². The minimum absolute atomic E-state index is 0.00802. The van der Waals surface area contributed by atoms with Crippen LogP contribution in [0.4, 0.5) is 4.39 Å². The van der Waals surface area contributed by atoms with E-state index < -0.39 is 12.0 Å². The van der Waals surface area contributed by atoms with Crippen LogP contribution in [0.5, 0.6) is 0 Å². The van der Waals surface area contributed by atoms with E-state index in [1.807, 2.05) is 47.9 Å². The molecular weight excluding hydrogens is 505 g/mol. The molecule has 2 saturated heterocycles. The van der Waals surface area contributed by atoms with Crippen molar-refractivity contribution in [2.45, 2.75) is 64.6 Å². The van der Waals surface area contributed by atoms with E-state index in [0.29, 0.717) is 49.7 Å². The maximum Gasteiger partial charge on any atom is 0.321 e. The van der Waals surface area contributed by atoms with Gasteiger partial charge in [-0.15, -0.1) is 0 Å². The van der Waals surface area contributed by atoms with Crippen LogP contribution in [-0.2, 0) is 16.0 Å². The molecule has 38 heavy (non-hydrogen) atoms. The number of hydrogen-bond acceptors (Lipinski definition) is 4. The second kappa shape index (κ2) is 11.3. The normalized spacial score (nSPS) is 24.0. The number of rotatable bonds is 6. The summed E-state index contributed by atoms with van der Waals surface area (Å²) < 4.78 is 15.0. The molecule has 6 nitrogen and oxygen atoms in total. The lowest BCUT2D eigenvalue weighted by Crippen LogP contribution is -2.59. The predicted molar refractivity (Wildman–Crippen MR) is 148 cm³/mol. The summed E-state index contributed by atoms with van der Waals surface area (Å²) >= 11 is 6.01. The molecule has 0 bridgehead atoms. The van der Waals surface area contributed by atoms with E-state index in [1.165, 1.54) is 6.07 Å². The summed E-state index contributed by atoms with van der Waals surface area (Å²) in [4.78, 5) is 32.3. The molecule has 4 rings (SSSR count). The van der Waals surface area contributed by atoms with E-state index in [4.69, 9.17) is 11.6 Å². The Hall–Kier alpha value is -2.48. The largest absolute Gasteiger partial charge is 0.480 e. The molecule has 2 aliphatic heterocycles. The summed E-state index contributed by atoms with van der Waals surface area (Å²) in [6, 6.07) is 11.8. The number of benzene rings is 2. The number of carbonyl (C=O) groups excluding carboxylic acids is 1. The number of aliphatic carboxylic acids is 1. The van der Waals surface area contributed by atoms with Gasteiger partial charge in [-0.2, -0.15) is 0 Å². The minimum atomic E-state index is -0.854. The molecule has 0 aliphatic carbocycles. The Labute approximate surface area is 230 Å². The topological polar surface area (TPSA) is 64.1 Å². The van der Waals surface area contributed by atoms with Gasteiger partial charge < -0.3 is 10.0 Å². The number of carboxylic acid groups (broad SMARTS) is 1. The van der Waals surface area contributed by atoms with Crippen LogP contribution in [0.25, 0.3) is 0 Å². The summed E-state index contributed by atoms with van der Waals surface area (Å²) in [5, 5.41) is 10.4. The van der Waals surface area contributed by atoms with Gasteiger partial charge in [0.25, 0.3) is 0 Å². The molecule has 2 aliphatic rings. The number of nitrogens with zero attached hydrogens (tertiary/aromatic N) is 3. The lowest BCUT2D eigenvalue weighted by molar-refractivity contribution is -0.147. The Kier molecular flexibility index (Phi) is 8.50. The van der Waals surface area contributed by atoms with Crippen molar-refractivity contribution in [3.63, 3.8) is 0 Å². The number of hydrogen-bond donors (Lipinski definition) is 1. The van der Waals surface area contributed by atoms with Crippen LogP contribution in [0.2, 0.25) is 5.02 Å². The van der Waals surface area contributed by atoms with Gasteiger partial charge in [0.05, 0.1) is 5.92 Å². The highest BCUT2D eigenvalue weighted by molar-refractivity contribution is 6.30. The van der Waals surface area contributed by atoms with E-state index in [0.717, 1.165) is 11.1 Å². The summed E-state index contributed by atoms with van der Waals surface area (Å²) in [6.45, 7) is 12.8. The number of aryl methyl sites for hydroxylation is 1. The smallest absolute Gasteiger partial charge is 0.321 e. The first-order valence-corrected chi connectivity index (χ1v) is 13.8. The van der Waals surface area contributed by atoms with Crippen molar-refractivity contribution in [3.8, 4) is 0 Å². The van der Waals surface area contributed by atoms with Crippen molar-refractivity contribution in [1.82, 2.24) is 14.7 Å². The van der Waals surface area contributed by atoms with Crippen LogP contribution in [0.15, 0.2) is 42.5 Å². The molecule has 206 valence electrons. The van der Waals surface area contributed by atoms with Gasteiger partial charge in [0.1, 0.15) is 11.9 Å². The average molecular weight is 544 g/mol. The van der Waals surface area contributed by atoms with E-state index in [1.54, 1.807) is 12.1 Å². The quantitative estimate of drug-likeness (QED) is 0.565. The Morgan fingerprint density at radius 3 is 2.34 bits per heavy atom. The number of halogens is 2.